The third-order valence-electron chi connectivity index (χ3n) is 3.25. The lowest BCUT2D eigenvalue weighted by Gasteiger charge is -2.11. The van der Waals surface area contributed by atoms with Crippen LogP contribution in [0, 0.1) is 17.0 Å². The molecule has 0 spiro atoms. The summed E-state index contributed by atoms with van der Waals surface area (Å²) in [6, 6.07) is 10.1. The number of ether oxygens (including phenoxy) is 2. The molecule has 2 aromatic rings. The topological polar surface area (TPSA) is 105 Å². The second kappa shape index (κ2) is 10.00. The quantitative estimate of drug-likeness (QED) is 0.201. The van der Waals surface area contributed by atoms with Crippen molar-refractivity contribution >= 4 is 33.5 Å². The third kappa shape index (κ3) is 6.78. The largest absolute Gasteiger partial charge is 0.427 e. The number of aryl methyl sites for hydroxylation is 1. The lowest BCUT2D eigenvalue weighted by Crippen LogP contribution is -2.04. The lowest BCUT2D eigenvalue weighted by atomic mass is 10.2. The maximum Gasteiger partial charge on any atom is 0.308 e. The molecule has 0 fully saturated rings. The highest BCUT2D eigenvalue weighted by Gasteiger charge is 2.11. The molecule has 0 bridgehead atoms. The first-order valence-corrected chi connectivity index (χ1v) is 10.1. The van der Waals surface area contributed by atoms with Gasteiger partial charge in [-0.3, -0.25) is 9.59 Å². The fourth-order valence-corrected chi connectivity index (χ4v) is 4.57. The van der Waals surface area contributed by atoms with Crippen LogP contribution in [0.3, 0.4) is 0 Å². The molecule has 0 amide bonds. The molecular formula is C18H17NO7S2. The zero-order valence-corrected chi connectivity index (χ0v) is 16.9. The van der Waals surface area contributed by atoms with Crippen LogP contribution in [0.1, 0.15) is 25.0 Å². The van der Waals surface area contributed by atoms with Crippen molar-refractivity contribution in [2.45, 2.75) is 37.2 Å². The van der Waals surface area contributed by atoms with Crippen molar-refractivity contribution < 1.29 is 29.0 Å². The van der Waals surface area contributed by atoms with Crippen LogP contribution in [-0.4, -0.2) is 17.0 Å². The van der Waals surface area contributed by atoms with Crippen molar-refractivity contribution in [3.8, 4) is 11.5 Å². The van der Waals surface area contributed by atoms with E-state index >= 15 is 0 Å². The van der Waals surface area contributed by atoms with E-state index in [4.69, 9.17) is 9.47 Å². The summed E-state index contributed by atoms with van der Waals surface area (Å²) in [7, 11) is 2.82. The van der Waals surface area contributed by atoms with E-state index in [1.807, 2.05) is 13.0 Å². The minimum Gasteiger partial charge on any atom is -0.427 e. The van der Waals surface area contributed by atoms with Gasteiger partial charge in [-0.15, -0.1) is 10.1 Å². The summed E-state index contributed by atoms with van der Waals surface area (Å²) >= 11 is 0. The Bertz CT molecular complexity index is 901. The van der Waals surface area contributed by atoms with E-state index in [1.165, 1.54) is 41.5 Å². The fraction of sp³-hybridized carbons (Fsp3) is 0.222. The minimum atomic E-state index is -0.877. The van der Waals surface area contributed by atoms with Crippen molar-refractivity contribution in [2.75, 3.05) is 0 Å². The Morgan fingerprint density at radius 3 is 2.04 bits per heavy atom. The summed E-state index contributed by atoms with van der Waals surface area (Å²) < 4.78 is 10.1. The van der Waals surface area contributed by atoms with Crippen LogP contribution in [0.4, 0.5) is 0 Å². The van der Waals surface area contributed by atoms with Crippen LogP contribution in [0.25, 0.3) is 0 Å². The van der Waals surface area contributed by atoms with E-state index < -0.39 is 17.0 Å². The van der Waals surface area contributed by atoms with Gasteiger partial charge in [0.05, 0.1) is 0 Å². The van der Waals surface area contributed by atoms with Gasteiger partial charge < -0.3 is 14.3 Å². The number of esters is 2. The molecule has 0 aromatic heterocycles. The van der Waals surface area contributed by atoms with E-state index in [2.05, 4.69) is 4.84 Å². The zero-order chi connectivity index (χ0) is 20.7. The monoisotopic (exact) mass is 423 g/mol. The Labute approximate surface area is 169 Å². The average molecular weight is 423 g/mol. The maximum atomic E-state index is 11.1. The number of nitrogens with zero attached hydrogens (tertiary/aromatic N) is 1. The van der Waals surface area contributed by atoms with Crippen LogP contribution in [0.15, 0.2) is 46.2 Å². The minimum absolute atomic E-state index is 0.268. The lowest BCUT2D eigenvalue weighted by molar-refractivity contribution is -0.763. The summed E-state index contributed by atoms with van der Waals surface area (Å²) in [5.41, 5.74) is 1.43. The molecule has 2 rings (SSSR count). The Morgan fingerprint density at radius 2 is 1.50 bits per heavy atom. The summed E-state index contributed by atoms with van der Waals surface area (Å²) in [6.07, 6.45) is 0. The van der Waals surface area contributed by atoms with E-state index in [0.29, 0.717) is 11.3 Å². The van der Waals surface area contributed by atoms with Crippen molar-refractivity contribution in [1.29, 1.82) is 0 Å². The van der Waals surface area contributed by atoms with Crippen LogP contribution in [0.2, 0.25) is 0 Å². The van der Waals surface area contributed by atoms with Gasteiger partial charge >= 0.3 is 11.9 Å². The van der Waals surface area contributed by atoms with Gasteiger partial charge in [-0.1, -0.05) is 21.6 Å². The molecule has 0 aliphatic carbocycles. The first-order valence-electron chi connectivity index (χ1n) is 7.97. The highest BCUT2D eigenvalue weighted by atomic mass is 33.1. The molecule has 0 aliphatic rings. The Morgan fingerprint density at radius 1 is 0.964 bits per heavy atom. The highest BCUT2D eigenvalue weighted by Crippen LogP contribution is 2.42. The number of carbonyl (C=O) groups is 2. The normalized spacial score (nSPS) is 10.2. The molecule has 0 heterocycles. The van der Waals surface area contributed by atoms with Gasteiger partial charge in [-0.05, 0) is 54.4 Å². The second-order valence-corrected chi connectivity index (χ2v) is 7.76. The summed E-state index contributed by atoms with van der Waals surface area (Å²) in [4.78, 5) is 38.8. The molecule has 0 radical (unpaired) electrons. The van der Waals surface area contributed by atoms with Gasteiger partial charge in [0.25, 0.3) is 5.09 Å². The van der Waals surface area contributed by atoms with Crippen molar-refractivity contribution in [2.24, 2.45) is 0 Å². The van der Waals surface area contributed by atoms with E-state index in [0.717, 1.165) is 15.4 Å². The van der Waals surface area contributed by atoms with E-state index in [9.17, 15) is 19.7 Å². The fourth-order valence-electron chi connectivity index (χ4n) is 2.14. The van der Waals surface area contributed by atoms with Gasteiger partial charge in [-0.25, -0.2) is 0 Å². The number of carbonyl (C=O) groups excluding carboxylic acids is 2. The van der Waals surface area contributed by atoms with Crippen LogP contribution >= 0.6 is 21.6 Å². The molecule has 2 aromatic carbocycles. The predicted molar refractivity (Wildman–Crippen MR) is 104 cm³/mol. The predicted octanol–water partition coefficient (Wildman–Crippen LogP) is 4.35. The molecule has 0 unspecified atom stereocenters. The van der Waals surface area contributed by atoms with Gasteiger partial charge in [-0.2, -0.15) is 0 Å². The molecule has 10 heteroatoms. The highest BCUT2D eigenvalue weighted by molar-refractivity contribution is 8.76. The van der Waals surface area contributed by atoms with Crippen LogP contribution in [-0.2, 0) is 21.0 Å². The summed E-state index contributed by atoms with van der Waals surface area (Å²) in [5.74, 6) is -0.132. The molecule has 28 heavy (non-hydrogen) atoms. The molecule has 0 N–H and O–H groups in total. The van der Waals surface area contributed by atoms with Crippen molar-refractivity contribution in [1.82, 2.24) is 0 Å². The third-order valence-corrected chi connectivity index (χ3v) is 5.87. The first kappa shape index (κ1) is 21.6. The number of hydrogen-bond donors (Lipinski definition) is 0. The van der Waals surface area contributed by atoms with Gasteiger partial charge in [0, 0.05) is 23.6 Å². The van der Waals surface area contributed by atoms with Crippen molar-refractivity contribution in [3.05, 3.63) is 57.6 Å². The van der Waals surface area contributed by atoms with Gasteiger partial charge in [0.2, 0.25) is 0 Å². The molecule has 148 valence electrons. The molecule has 0 saturated carbocycles. The molecule has 8 nitrogen and oxygen atoms in total. The van der Waals surface area contributed by atoms with Gasteiger partial charge in [0.15, 0.2) is 0 Å². The standard InChI is InChI=1S/C18H17NO7S2/c1-11-8-15(25-12(2)20)4-6-17(11)27-28-18-7-5-16(26-13(3)21)9-14(18)10-24-19(22)23/h4-9H,10H2,1-3H3. The molecule has 0 saturated heterocycles. The van der Waals surface area contributed by atoms with Crippen molar-refractivity contribution in [3.63, 3.8) is 0 Å². The average Bonchev–Trinajstić information content (AvgIpc) is 2.59. The SMILES string of the molecule is CC(=O)Oc1ccc(SSc2ccc(OC(C)=O)cc2CO[N+](=O)[O-])c(C)c1. The van der Waals surface area contributed by atoms with Gasteiger partial charge in [0.1, 0.15) is 18.1 Å². The van der Waals surface area contributed by atoms with Crippen LogP contribution in [0.5, 0.6) is 11.5 Å². The molecule has 0 aliphatic heterocycles. The summed E-state index contributed by atoms with van der Waals surface area (Å²) in [5, 5.41) is 9.65. The molecular weight excluding hydrogens is 406 g/mol. The Balaban J connectivity index is 2.16. The summed E-state index contributed by atoms with van der Waals surface area (Å²) in [6.45, 7) is 4.22. The number of hydrogen-bond acceptors (Lipinski definition) is 9. The molecule has 0 atom stereocenters. The Hall–Kier alpha value is -2.72. The smallest absolute Gasteiger partial charge is 0.308 e. The number of rotatable bonds is 8. The zero-order valence-electron chi connectivity index (χ0n) is 15.3. The first-order chi connectivity index (χ1) is 13.2. The Kier molecular flexibility index (Phi) is 7.70. The van der Waals surface area contributed by atoms with Crippen LogP contribution < -0.4 is 9.47 Å². The second-order valence-electron chi connectivity index (χ2n) is 5.55. The maximum absolute atomic E-state index is 11.1. The number of benzene rings is 2. The van der Waals surface area contributed by atoms with E-state index in [1.54, 1.807) is 24.3 Å². The van der Waals surface area contributed by atoms with E-state index in [-0.39, 0.29) is 12.4 Å².